The van der Waals surface area contributed by atoms with Gasteiger partial charge in [-0.25, -0.2) is 8.51 Å². The molecule has 5 nitrogen and oxygen atoms in total. The minimum absolute atomic E-state index is 0.262. The molecule has 0 aromatic carbocycles. The summed E-state index contributed by atoms with van der Waals surface area (Å²) >= 11 is -1.87. The number of carbonyl (C=O) groups is 1. The van der Waals surface area contributed by atoms with E-state index >= 15 is 0 Å². The molecule has 1 unspecified atom stereocenters. The summed E-state index contributed by atoms with van der Waals surface area (Å²) in [5, 5.41) is 0. The fourth-order valence-corrected chi connectivity index (χ4v) is 1.64. The number of hydrogen-bond donors (Lipinski definition) is 1. The zero-order chi connectivity index (χ0) is 11.7. The van der Waals surface area contributed by atoms with Crippen molar-refractivity contribution in [3.63, 3.8) is 0 Å². The molecule has 0 heterocycles. The fourth-order valence-electron chi connectivity index (χ4n) is 1.13. The van der Waals surface area contributed by atoms with E-state index in [1.165, 1.54) is 11.2 Å². The highest BCUT2D eigenvalue weighted by Crippen LogP contribution is 2.00. The van der Waals surface area contributed by atoms with Crippen LogP contribution < -0.4 is 0 Å². The van der Waals surface area contributed by atoms with Crippen LogP contribution >= 0.6 is 0 Å². The van der Waals surface area contributed by atoms with E-state index in [4.69, 9.17) is 9.29 Å². The molecule has 0 aliphatic rings. The summed E-state index contributed by atoms with van der Waals surface area (Å²) in [5.41, 5.74) is 0. The number of unbranched alkanes of at least 4 members (excludes halogenated alkanes) is 2. The van der Waals surface area contributed by atoms with Crippen LogP contribution in [0.2, 0.25) is 0 Å². The molecule has 0 amide bonds. The molecule has 0 spiro atoms. The van der Waals surface area contributed by atoms with Gasteiger partial charge in [-0.3, -0.25) is 9.35 Å². The van der Waals surface area contributed by atoms with Gasteiger partial charge < -0.3 is 4.74 Å². The predicted octanol–water partition coefficient (Wildman–Crippen LogP) is 1.18. The summed E-state index contributed by atoms with van der Waals surface area (Å²) in [4.78, 5) is 10.4. The lowest BCUT2D eigenvalue weighted by molar-refractivity contribution is -0.141. The Kier molecular flexibility index (Phi) is 8.55. The Bertz CT molecular complexity index is 210. The average Bonchev–Trinajstić information content (AvgIpc) is 2.15. The fraction of sp³-hybridized carbons (Fsp3) is 0.889. The second-order valence-electron chi connectivity index (χ2n) is 3.15. The van der Waals surface area contributed by atoms with Crippen LogP contribution in [0.3, 0.4) is 0 Å². The Hall–Kier alpha value is -0.460. The van der Waals surface area contributed by atoms with E-state index in [2.05, 4.69) is 0 Å². The van der Waals surface area contributed by atoms with Crippen LogP contribution in [0.1, 0.15) is 33.1 Å². The van der Waals surface area contributed by atoms with E-state index in [9.17, 15) is 9.00 Å². The van der Waals surface area contributed by atoms with Crippen LogP contribution in [-0.2, 0) is 20.8 Å². The minimum atomic E-state index is -1.87. The molecular formula is C9H19NO4S. The van der Waals surface area contributed by atoms with Crippen LogP contribution in [0, 0.1) is 0 Å². The van der Waals surface area contributed by atoms with Crippen LogP contribution in [0.4, 0.5) is 0 Å². The van der Waals surface area contributed by atoms with Gasteiger partial charge in [0.05, 0.1) is 6.61 Å². The molecule has 1 N–H and O–H groups in total. The Balaban J connectivity index is 3.37. The minimum Gasteiger partial charge on any atom is -0.466 e. The monoisotopic (exact) mass is 237 g/mol. The Morgan fingerprint density at radius 2 is 2.07 bits per heavy atom. The van der Waals surface area contributed by atoms with Gasteiger partial charge in [-0.05, 0) is 19.3 Å². The van der Waals surface area contributed by atoms with Gasteiger partial charge in [-0.1, -0.05) is 6.92 Å². The molecule has 0 rings (SSSR count). The van der Waals surface area contributed by atoms with E-state index in [-0.39, 0.29) is 5.97 Å². The van der Waals surface area contributed by atoms with Crippen LogP contribution in [0.15, 0.2) is 0 Å². The molecule has 0 aliphatic heterocycles. The van der Waals surface area contributed by atoms with Crippen molar-refractivity contribution in [3.8, 4) is 0 Å². The summed E-state index contributed by atoms with van der Waals surface area (Å²) in [5.74, 6) is -0.262. The zero-order valence-electron chi connectivity index (χ0n) is 9.27. The summed E-state index contributed by atoms with van der Waals surface area (Å²) in [6.45, 7) is 4.82. The number of nitrogens with zero attached hydrogens (tertiary/aromatic N) is 1. The molecule has 0 fully saturated rings. The van der Waals surface area contributed by atoms with Gasteiger partial charge in [0.1, 0.15) is 0 Å². The number of ether oxygens (including phenoxy) is 1. The van der Waals surface area contributed by atoms with Gasteiger partial charge in [-0.15, -0.1) is 0 Å². The SMILES string of the molecule is CCN(CCCCCOC(C)=O)S(=O)O. The summed E-state index contributed by atoms with van der Waals surface area (Å²) in [6.07, 6.45) is 2.53. The van der Waals surface area contributed by atoms with Gasteiger partial charge >= 0.3 is 5.97 Å². The van der Waals surface area contributed by atoms with E-state index in [1.807, 2.05) is 6.92 Å². The molecule has 1 atom stereocenters. The standard InChI is InChI=1S/C9H19NO4S/c1-3-10(15(12)13)7-5-4-6-8-14-9(2)11/h3-8H2,1-2H3,(H,12,13). The lowest BCUT2D eigenvalue weighted by Gasteiger charge is -2.14. The molecule has 0 aromatic rings. The zero-order valence-corrected chi connectivity index (χ0v) is 10.1. The first-order valence-electron chi connectivity index (χ1n) is 5.07. The van der Waals surface area contributed by atoms with Crippen LogP contribution in [0.25, 0.3) is 0 Å². The van der Waals surface area contributed by atoms with E-state index in [1.54, 1.807) is 0 Å². The molecule has 0 aliphatic carbocycles. The summed E-state index contributed by atoms with van der Waals surface area (Å²) < 4.78 is 25.8. The molecule has 0 radical (unpaired) electrons. The topological polar surface area (TPSA) is 66.8 Å². The molecule has 15 heavy (non-hydrogen) atoms. The molecule has 0 saturated carbocycles. The molecule has 0 saturated heterocycles. The third kappa shape index (κ3) is 8.53. The first-order chi connectivity index (χ1) is 7.07. The first kappa shape index (κ1) is 14.5. The maximum atomic E-state index is 10.7. The molecular weight excluding hydrogens is 218 g/mol. The number of carbonyl (C=O) groups excluding carboxylic acids is 1. The summed E-state index contributed by atoms with van der Waals surface area (Å²) in [6, 6.07) is 0. The van der Waals surface area contributed by atoms with Gasteiger partial charge in [0, 0.05) is 20.0 Å². The largest absolute Gasteiger partial charge is 0.466 e. The third-order valence-electron chi connectivity index (χ3n) is 1.93. The second-order valence-corrected chi connectivity index (χ2v) is 4.13. The van der Waals surface area contributed by atoms with Crippen LogP contribution in [0.5, 0.6) is 0 Å². The highest BCUT2D eigenvalue weighted by Gasteiger charge is 2.06. The van der Waals surface area contributed by atoms with Crippen molar-refractivity contribution in [1.82, 2.24) is 4.31 Å². The first-order valence-corrected chi connectivity index (χ1v) is 6.13. The number of rotatable bonds is 8. The van der Waals surface area contributed by atoms with E-state index in [0.29, 0.717) is 19.7 Å². The lowest BCUT2D eigenvalue weighted by Crippen LogP contribution is -2.26. The van der Waals surface area contributed by atoms with Crippen molar-refractivity contribution >= 4 is 17.2 Å². The second kappa shape index (κ2) is 8.82. The summed E-state index contributed by atoms with van der Waals surface area (Å²) in [7, 11) is 0. The van der Waals surface area contributed by atoms with Gasteiger partial charge in [0.15, 0.2) is 0 Å². The van der Waals surface area contributed by atoms with Crippen molar-refractivity contribution in [2.24, 2.45) is 0 Å². The molecule has 0 aromatic heterocycles. The maximum absolute atomic E-state index is 10.7. The average molecular weight is 237 g/mol. The van der Waals surface area contributed by atoms with Crippen molar-refractivity contribution in [1.29, 1.82) is 0 Å². The lowest BCUT2D eigenvalue weighted by atomic mass is 10.2. The van der Waals surface area contributed by atoms with Crippen LogP contribution in [-0.4, -0.2) is 38.7 Å². The van der Waals surface area contributed by atoms with E-state index < -0.39 is 11.3 Å². The quantitative estimate of drug-likeness (QED) is 0.391. The van der Waals surface area contributed by atoms with Crippen molar-refractivity contribution in [2.75, 3.05) is 19.7 Å². The number of hydrogen-bond acceptors (Lipinski definition) is 3. The number of esters is 1. The highest BCUT2D eigenvalue weighted by atomic mass is 32.2. The van der Waals surface area contributed by atoms with Crippen molar-refractivity contribution in [3.05, 3.63) is 0 Å². The van der Waals surface area contributed by atoms with Gasteiger partial charge in [0.2, 0.25) is 11.3 Å². The van der Waals surface area contributed by atoms with Gasteiger partial charge in [-0.2, -0.15) is 0 Å². The molecule has 6 heteroatoms. The molecule has 90 valence electrons. The van der Waals surface area contributed by atoms with Crippen molar-refractivity contribution < 1.29 is 18.3 Å². The Morgan fingerprint density at radius 1 is 1.40 bits per heavy atom. The Labute approximate surface area is 93.2 Å². The molecule has 0 bridgehead atoms. The van der Waals surface area contributed by atoms with E-state index in [0.717, 1.165) is 19.3 Å². The highest BCUT2D eigenvalue weighted by molar-refractivity contribution is 7.76. The van der Waals surface area contributed by atoms with Gasteiger partial charge in [0.25, 0.3) is 0 Å². The predicted molar refractivity (Wildman–Crippen MR) is 58.5 cm³/mol. The van der Waals surface area contributed by atoms with Crippen molar-refractivity contribution in [2.45, 2.75) is 33.1 Å². The third-order valence-corrected chi connectivity index (χ3v) is 2.81. The smallest absolute Gasteiger partial charge is 0.302 e. The normalized spacial score (nSPS) is 12.8. The maximum Gasteiger partial charge on any atom is 0.302 e. The Morgan fingerprint density at radius 3 is 2.53 bits per heavy atom.